The fraction of sp³-hybridized carbons (Fsp3) is 0.185. The van der Waals surface area contributed by atoms with E-state index in [1.165, 1.54) is 36.9 Å². The normalized spacial score (nSPS) is 14.1. The van der Waals surface area contributed by atoms with Crippen molar-refractivity contribution in [3.63, 3.8) is 0 Å². The van der Waals surface area contributed by atoms with Gasteiger partial charge in [-0.05, 0) is 72.6 Å². The summed E-state index contributed by atoms with van der Waals surface area (Å²) in [6.45, 7) is 3.41. The lowest BCUT2D eigenvalue weighted by Gasteiger charge is -2.15. The third-order valence-electron chi connectivity index (χ3n) is 5.86. The van der Waals surface area contributed by atoms with Crippen molar-refractivity contribution in [2.75, 3.05) is 18.4 Å². The molecule has 2 heterocycles. The van der Waals surface area contributed by atoms with Crippen molar-refractivity contribution >= 4 is 22.4 Å². The van der Waals surface area contributed by atoms with Crippen LogP contribution in [0.4, 0.5) is 5.69 Å². The summed E-state index contributed by atoms with van der Waals surface area (Å²) >= 11 is 0. The Morgan fingerprint density at radius 1 is 0.871 bits per heavy atom. The van der Waals surface area contributed by atoms with Gasteiger partial charge in [0.05, 0.1) is 11.3 Å². The summed E-state index contributed by atoms with van der Waals surface area (Å²) in [6.07, 6.45) is 4.24. The topological polar surface area (TPSA) is 45.2 Å². The number of fused-ring (bicyclic) bond motifs is 1. The molecule has 0 radical (unpaired) electrons. The summed E-state index contributed by atoms with van der Waals surface area (Å²) in [4.78, 5) is 19.6. The number of anilines is 1. The van der Waals surface area contributed by atoms with Crippen LogP contribution in [0.3, 0.4) is 0 Å². The molecule has 0 atom stereocenters. The molecule has 1 N–H and O–H groups in total. The highest BCUT2D eigenvalue weighted by Gasteiger charge is 2.12. The molecule has 0 aliphatic carbocycles. The van der Waals surface area contributed by atoms with E-state index < -0.39 is 0 Å². The van der Waals surface area contributed by atoms with E-state index in [0.29, 0.717) is 5.56 Å². The Labute approximate surface area is 182 Å². The summed E-state index contributed by atoms with van der Waals surface area (Å²) in [5, 5.41) is 5.32. The Balaban J connectivity index is 1.28. The van der Waals surface area contributed by atoms with E-state index in [2.05, 4.69) is 39.5 Å². The molecule has 5 rings (SSSR count). The number of hydrogen-bond donors (Lipinski definition) is 1. The number of rotatable bonds is 5. The number of nitrogens with zero attached hydrogens (tertiary/aromatic N) is 2. The second kappa shape index (κ2) is 8.70. The average molecular weight is 408 g/mol. The second-order valence-corrected chi connectivity index (χ2v) is 8.13. The monoisotopic (exact) mass is 407 g/mol. The summed E-state index contributed by atoms with van der Waals surface area (Å²) in [5.74, 6) is -0.155. The van der Waals surface area contributed by atoms with Gasteiger partial charge in [0.1, 0.15) is 0 Å². The first-order valence-electron chi connectivity index (χ1n) is 10.8. The number of carbonyl (C=O) groups is 1. The molecule has 154 valence electrons. The van der Waals surface area contributed by atoms with Crippen LogP contribution < -0.4 is 5.32 Å². The van der Waals surface area contributed by atoms with Crippen LogP contribution in [0.25, 0.3) is 22.0 Å². The van der Waals surface area contributed by atoms with Gasteiger partial charge in [-0.25, -0.2) is 0 Å². The standard InChI is InChI=1S/C27H25N3O/c31-27(24-11-13-26(28-18-24)21-6-2-1-3-7-21)29-25-12-10-22-16-20(8-9-23(22)17-25)19-30-14-4-5-15-30/h1-3,6-13,16-18H,4-5,14-15,19H2,(H,29,31). The zero-order valence-corrected chi connectivity index (χ0v) is 17.4. The van der Waals surface area contributed by atoms with Crippen LogP contribution in [0, 0.1) is 0 Å². The van der Waals surface area contributed by atoms with Gasteiger partial charge in [0.2, 0.25) is 0 Å². The van der Waals surface area contributed by atoms with Gasteiger partial charge < -0.3 is 5.32 Å². The third kappa shape index (κ3) is 4.49. The highest BCUT2D eigenvalue weighted by molar-refractivity contribution is 6.05. The molecule has 1 fully saturated rings. The van der Waals surface area contributed by atoms with Crippen molar-refractivity contribution < 1.29 is 4.79 Å². The predicted molar refractivity (Wildman–Crippen MR) is 126 cm³/mol. The number of aromatic nitrogens is 1. The van der Waals surface area contributed by atoms with E-state index in [1.807, 2.05) is 54.6 Å². The van der Waals surface area contributed by atoms with Gasteiger partial charge in [-0.15, -0.1) is 0 Å². The first kappa shape index (κ1) is 19.5. The predicted octanol–water partition coefficient (Wildman–Crippen LogP) is 5.75. The number of carbonyl (C=O) groups excluding carboxylic acids is 1. The van der Waals surface area contributed by atoms with Crippen LogP contribution in [0.2, 0.25) is 0 Å². The second-order valence-electron chi connectivity index (χ2n) is 8.13. The first-order chi connectivity index (χ1) is 15.2. The van der Waals surface area contributed by atoms with Crippen LogP contribution in [0.15, 0.2) is 85.1 Å². The summed E-state index contributed by atoms with van der Waals surface area (Å²) in [7, 11) is 0. The smallest absolute Gasteiger partial charge is 0.257 e. The van der Waals surface area contributed by atoms with Crippen LogP contribution in [0.1, 0.15) is 28.8 Å². The molecule has 0 saturated carbocycles. The molecular weight excluding hydrogens is 382 g/mol. The largest absolute Gasteiger partial charge is 0.322 e. The molecule has 0 spiro atoms. The number of pyridine rings is 1. The van der Waals surface area contributed by atoms with E-state index >= 15 is 0 Å². The van der Waals surface area contributed by atoms with E-state index in [9.17, 15) is 4.79 Å². The quantitative estimate of drug-likeness (QED) is 0.458. The fourth-order valence-electron chi connectivity index (χ4n) is 4.18. The molecule has 4 aromatic rings. The maximum Gasteiger partial charge on any atom is 0.257 e. The zero-order valence-electron chi connectivity index (χ0n) is 17.4. The Kier molecular flexibility index (Phi) is 5.46. The lowest BCUT2D eigenvalue weighted by molar-refractivity contribution is 0.102. The van der Waals surface area contributed by atoms with Crippen molar-refractivity contribution in [2.24, 2.45) is 0 Å². The SMILES string of the molecule is O=C(Nc1ccc2cc(CN3CCCC3)ccc2c1)c1ccc(-c2ccccc2)nc1. The van der Waals surface area contributed by atoms with Crippen molar-refractivity contribution in [2.45, 2.75) is 19.4 Å². The molecule has 1 saturated heterocycles. The van der Waals surface area contributed by atoms with Crippen molar-refractivity contribution in [3.8, 4) is 11.3 Å². The van der Waals surface area contributed by atoms with Crippen molar-refractivity contribution in [1.29, 1.82) is 0 Å². The summed E-state index contributed by atoms with van der Waals surface area (Å²) in [6, 6.07) is 26.3. The van der Waals surface area contributed by atoms with E-state index in [4.69, 9.17) is 0 Å². The number of likely N-dealkylation sites (tertiary alicyclic amines) is 1. The lowest BCUT2D eigenvalue weighted by Crippen LogP contribution is -2.18. The highest BCUT2D eigenvalue weighted by atomic mass is 16.1. The van der Waals surface area contributed by atoms with Crippen molar-refractivity contribution in [1.82, 2.24) is 9.88 Å². The van der Waals surface area contributed by atoms with Crippen LogP contribution in [-0.2, 0) is 6.54 Å². The van der Waals surface area contributed by atoms with Gasteiger partial charge >= 0.3 is 0 Å². The Hall–Kier alpha value is -3.50. The fourth-order valence-corrected chi connectivity index (χ4v) is 4.18. The lowest BCUT2D eigenvalue weighted by atomic mass is 10.1. The number of nitrogens with one attached hydrogen (secondary N) is 1. The number of hydrogen-bond acceptors (Lipinski definition) is 3. The van der Waals surface area contributed by atoms with Crippen molar-refractivity contribution in [3.05, 3.63) is 96.2 Å². The molecule has 0 unspecified atom stereocenters. The maximum atomic E-state index is 12.7. The van der Waals surface area contributed by atoms with E-state index in [-0.39, 0.29) is 5.91 Å². The minimum Gasteiger partial charge on any atom is -0.322 e. The molecule has 31 heavy (non-hydrogen) atoms. The molecule has 4 heteroatoms. The molecule has 1 aromatic heterocycles. The van der Waals surface area contributed by atoms with E-state index in [1.54, 1.807) is 6.20 Å². The molecule has 4 nitrogen and oxygen atoms in total. The maximum absolute atomic E-state index is 12.7. The zero-order chi connectivity index (χ0) is 21.0. The summed E-state index contributed by atoms with van der Waals surface area (Å²) in [5.41, 5.74) is 4.56. The Bertz CT molecular complexity index is 1200. The highest BCUT2D eigenvalue weighted by Crippen LogP contribution is 2.23. The van der Waals surface area contributed by atoms with Gasteiger partial charge in [-0.1, -0.05) is 48.5 Å². The average Bonchev–Trinajstić information content (AvgIpc) is 3.33. The van der Waals surface area contributed by atoms with Crippen LogP contribution in [-0.4, -0.2) is 28.9 Å². The minimum absolute atomic E-state index is 0.155. The van der Waals surface area contributed by atoms with Crippen LogP contribution in [0.5, 0.6) is 0 Å². The van der Waals surface area contributed by atoms with Gasteiger partial charge in [-0.3, -0.25) is 14.7 Å². The molecule has 3 aromatic carbocycles. The third-order valence-corrected chi connectivity index (χ3v) is 5.86. The van der Waals surface area contributed by atoms with E-state index in [0.717, 1.165) is 28.9 Å². The molecule has 1 amide bonds. The first-order valence-corrected chi connectivity index (χ1v) is 10.8. The Morgan fingerprint density at radius 2 is 1.65 bits per heavy atom. The summed E-state index contributed by atoms with van der Waals surface area (Å²) < 4.78 is 0. The van der Waals surface area contributed by atoms with Gasteiger partial charge in [0, 0.05) is 24.0 Å². The minimum atomic E-state index is -0.155. The number of amides is 1. The van der Waals surface area contributed by atoms with Crippen LogP contribution >= 0.6 is 0 Å². The molecule has 0 bridgehead atoms. The van der Waals surface area contributed by atoms with Gasteiger partial charge in [-0.2, -0.15) is 0 Å². The molecular formula is C27H25N3O. The Morgan fingerprint density at radius 3 is 2.42 bits per heavy atom. The molecule has 1 aliphatic heterocycles. The molecule has 1 aliphatic rings. The van der Waals surface area contributed by atoms with Gasteiger partial charge in [0.25, 0.3) is 5.91 Å². The number of benzene rings is 3. The van der Waals surface area contributed by atoms with Gasteiger partial charge in [0.15, 0.2) is 0 Å².